The second-order valence-corrected chi connectivity index (χ2v) is 12.3. The highest BCUT2D eigenvalue weighted by Crippen LogP contribution is 2.28. The van der Waals surface area contributed by atoms with Crippen molar-refractivity contribution in [1.29, 1.82) is 0 Å². The Morgan fingerprint density at radius 2 is 1.55 bits per heavy atom. The minimum atomic E-state index is -3.89. The van der Waals surface area contributed by atoms with Crippen molar-refractivity contribution in [3.8, 4) is 5.75 Å². The molecule has 12 heteroatoms. The molecule has 2 rings (SSSR count). The van der Waals surface area contributed by atoms with Gasteiger partial charge in [0.15, 0.2) is 0 Å². The van der Waals surface area contributed by atoms with Crippen molar-refractivity contribution in [2.24, 2.45) is 0 Å². The molecule has 0 saturated carbocycles. The van der Waals surface area contributed by atoms with E-state index in [1.165, 1.54) is 43.9 Å². The van der Waals surface area contributed by atoms with Crippen molar-refractivity contribution in [2.75, 3.05) is 6.61 Å². The molecule has 0 aromatic heterocycles. The second-order valence-electron chi connectivity index (χ2n) is 7.20. The van der Waals surface area contributed by atoms with Crippen molar-refractivity contribution < 1.29 is 26.5 Å². The van der Waals surface area contributed by atoms with Crippen LogP contribution in [0.2, 0.25) is 0 Å². The maximum Gasteiger partial charge on any atom is 0.270 e. The Hall–Kier alpha value is -1.88. The maximum atomic E-state index is 11.5. The van der Waals surface area contributed by atoms with Gasteiger partial charge in [-0.3, -0.25) is 10.1 Å². The Morgan fingerprint density at radius 3 is 2.12 bits per heavy atom. The number of unbranched alkanes of at least 4 members (excludes halogenated alkanes) is 5. The summed E-state index contributed by atoms with van der Waals surface area (Å²) >= 11 is 0. The number of nitrogens with zero attached hydrogens (tertiary/aromatic N) is 1. The quantitative estimate of drug-likeness (QED) is 0.144. The fourth-order valence-electron chi connectivity index (χ4n) is 2.74. The molecule has 0 aliphatic heterocycles. The average Bonchev–Trinajstić information content (AvgIpc) is 2.73. The van der Waals surface area contributed by atoms with Gasteiger partial charge in [-0.05, 0) is 37.1 Å². The highest BCUT2D eigenvalue weighted by atomic mass is 35.7. The molecule has 0 aliphatic carbocycles. The molecule has 2 aromatic carbocycles. The van der Waals surface area contributed by atoms with Gasteiger partial charge in [0.1, 0.15) is 10.6 Å². The number of aryl methyl sites for hydroxylation is 1. The third kappa shape index (κ3) is 11.2. The van der Waals surface area contributed by atoms with Crippen molar-refractivity contribution >= 4 is 45.2 Å². The molecule has 0 spiro atoms. The van der Waals surface area contributed by atoms with Gasteiger partial charge in [-0.1, -0.05) is 51.2 Å². The smallest absolute Gasteiger partial charge is 0.270 e. The van der Waals surface area contributed by atoms with E-state index in [9.17, 15) is 26.9 Å². The molecule has 0 atom stereocenters. The molecule has 184 valence electrons. The zero-order chi connectivity index (χ0) is 25.1. The number of benzene rings is 2. The first-order chi connectivity index (χ1) is 15.4. The van der Waals surface area contributed by atoms with Gasteiger partial charge in [-0.25, -0.2) is 16.8 Å². The minimum absolute atomic E-state index is 0.0603. The van der Waals surface area contributed by atoms with Crippen LogP contribution in [-0.2, 0) is 18.1 Å². The van der Waals surface area contributed by atoms with Crippen LogP contribution in [0.1, 0.15) is 51.0 Å². The van der Waals surface area contributed by atoms with Crippen molar-refractivity contribution in [3.63, 3.8) is 0 Å². The standard InChI is InChI=1S/C15H23ClO3S.C6H4ClNO4S/c1-3-4-5-6-7-8-11-19-14-10-9-13(2)12-15(14)20(16,17)18;7-13(11,12)6-3-1-2-5(4-6)8(9)10/h9-10,12H,3-8,11H2,1-2H3;1-4H. The summed E-state index contributed by atoms with van der Waals surface area (Å²) in [5.74, 6) is 0.346. The van der Waals surface area contributed by atoms with E-state index in [2.05, 4.69) is 6.92 Å². The molecule has 0 bridgehead atoms. The summed E-state index contributed by atoms with van der Waals surface area (Å²) in [5, 5.41) is 10.2. The van der Waals surface area contributed by atoms with Gasteiger partial charge in [-0.15, -0.1) is 0 Å². The molecule has 0 radical (unpaired) electrons. The molecule has 0 amide bonds. The molecule has 0 saturated heterocycles. The highest BCUT2D eigenvalue weighted by molar-refractivity contribution is 8.14. The maximum absolute atomic E-state index is 11.5. The number of halogens is 2. The zero-order valence-corrected chi connectivity index (χ0v) is 21.5. The molecule has 8 nitrogen and oxygen atoms in total. The summed E-state index contributed by atoms with van der Waals surface area (Å²) in [4.78, 5) is 9.34. The molecule has 0 unspecified atom stereocenters. The van der Waals surface area contributed by atoms with Crippen molar-refractivity contribution in [3.05, 3.63) is 58.1 Å². The number of hydrogen-bond donors (Lipinski definition) is 0. The lowest BCUT2D eigenvalue weighted by molar-refractivity contribution is -0.385. The Morgan fingerprint density at radius 1 is 0.909 bits per heavy atom. The van der Waals surface area contributed by atoms with Gasteiger partial charge in [-0.2, -0.15) is 0 Å². The zero-order valence-electron chi connectivity index (χ0n) is 18.4. The molecule has 0 fully saturated rings. The lowest BCUT2D eigenvalue weighted by Crippen LogP contribution is -2.02. The minimum Gasteiger partial charge on any atom is -0.492 e. The topological polar surface area (TPSA) is 121 Å². The van der Waals surface area contributed by atoms with Crippen LogP contribution in [0.3, 0.4) is 0 Å². The third-order valence-corrected chi connectivity index (χ3v) is 7.12. The van der Waals surface area contributed by atoms with E-state index in [1.807, 2.05) is 13.0 Å². The Bertz CT molecular complexity index is 1140. The number of rotatable bonds is 11. The largest absolute Gasteiger partial charge is 0.492 e. The van der Waals surface area contributed by atoms with Crippen LogP contribution in [-0.4, -0.2) is 28.4 Å². The van der Waals surface area contributed by atoms with Crippen molar-refractivity contribution in [1.82, 2.24) is 0 Å². The van der Waals surface area contributed by atoms with E-state index in [-0.39, 0.29) is 15.5 Å². The first-order valence-electron chi connectivity index (χ1n) is 10.2. The predicted molar refractivity (Wildman–Crippen MR) is 129 cm³/mol. The lowest BCUT2D eigenvalue weighted by atomic mass is 10.1. The van der Waals surface area contributed by atoms with Crippen LogP contribution >= 0.6 is 21.4 Å². The molecule has 0 N–H and O–H groups in total. The lowest BCUT2D eigenvalue weighted by Gasteiger charge is -2.10. The molecular weight excluding hydrogens is 513 g/mol. The normalized spacial score (nSPS) is 11.4. The summed E-state index contributed by atoms with van der Waals surface area (Å²) < 4.78 is 50.1. The fourth-order valence-corrected chi connectivity index (χ4v) is 4.58. The fraction of sp³-hybridized carbons (Fsp3) is 0.429. The summed E-state index contributed by atoms with van der Waals surface area (Å²) in [6, 6.07) is 9.57. The first-order valence-corrected chi connectivity index (χ1v) is 14.9. The molecular formula is C21H27Cl2NO7S2. The van der Waals surface area contributed by atoms with E-state index in [1.54, 1.807) is 12.1 Å². The van der Waals surface area contributed by atoms with Crippen LogP contribution in [0, 0.1) is 17.0 Å². The van der Waals surface area contributed by atoms with E-state index >= 15 is 0 Å². The van der Waals surface area contributed by atoms with Gasteiger partial charge in [0, 0.05) is 33.5 Å². The van der Waals surface area contributed by atoms with E-state index in [0.717, 1.165) is 24.5 Å². The summed E-state index contributed by atoms with van der Waals surface area (Å²) in [6.45, 7) is 4.53. The number of ether oxygens (including phenoxy) is 1. The van der Waals surface area contributed by atoms with E-state index in [4.69, 9.17) is 26.1 Å². The van der Waals surface area contributed by atoms with Gasteiger partial charge in [0.25, 0.3) is 23.8 Å². The Labute approximate surface area is 203 Å². The highest BCUT2D eigenvalue weighted by Gasteiger charge is 2.17. The van der Waals surface area contributed by atoms with Crippen molar-refractivity contribution in [2.45, 2.75) is 62.2 Å². The average molecular weight is 540 g/mol. The number of hydrogen-bond acceptors (Lipinski definition) is 7. The third-order valence-electron chi connectivity index (χ3n) is 4.43. The molecule has 0 heterocycles. The SMILES string of the molecule is CCCCCCCCOc1ccc(C)cc1S(=O)(=O)Cl.O=[N+]([O-])c1cccc(S(=O)(=O)Cl)c1. The molecule has 33 heavy (non-hydrogen) atoms. The van der Waals surface area contributed by atoms with Crippen LogP contribution in [0.15, 0.2) is 52.3 Å². The van der Waals surface area contributed by atoms with Crippen LogP contribution in [0.25, 0.3) is 0 Å². The number of nitro groups is 1. The summed E-state index contributed by atoms with van der Waals surface area (Å²) in [5.41, 5.74) is 0.540. The summed E-state index contributed by atoms with van der Waals surface area (Å²) in [6.07, 6.45) is 6.99. The van der Waals surface area contributed by atoms with Crippen LogP contribution < -0.4 is 4.74 Å². The summed E-state index contributed by atoms with van der Waals surface area (Å²) in [7, 11) is 2.76. The van der Waals surface area contributed by atoms with E-state index < -0.39 is 23.0 Å². The molecule has 0 aliphatic rings. The van der Waals surface area contributed by atoms with Gasteiger partial charge in [0.05, 0.1) is 16.4 Å². The predicted octanol–water partition coefficient (Wildman–Crippen LogP) is 6.18. The van der Waals surface area contributed by atoms with E-state index in [0.29, 0.717) is 12.4 Å². The first kappa shape index (κ1) is 29.2. The van der Waals surface area contributed by atoms with Gasteiger partial charge >= 0.3 is 0 Å². The monoisotopic (exact) mass is 539 g/mol. The number of nitro benzene ring substituents is 1. The Balaban J connectivity index is 0.000000361. The van der Waals surface area contributed by atoms with Gasteiger partial charge in [0.2, 0.25) is 0 Å². The number of non-ortho nitro benzene ring substituents is 1. The van der Waals surface area contributed by atoms with Crippen LogP contribution in [0.5, 0.6) is 5.75 Å². The Kier molecular flexibility index (Phi) is 12.1. The molecule has 2 aromatic rings. The van der Waals surface area contributed by atoms with Gasteiger partial charge < -0.3 is 4.74 Å². The second kappa shape index (κ2) is 13.7. The van der Waals surface area contributed by atoms with Crippen LogP contribution in [0.4, 0.5) is 5.69 Å².